The fraction of sp³-hybridized carbons (Fsp3) is 0.100. The fourth-order valence-electron chi connectivity index (χ4n) is 3.57. The van der Waals surface area contributed by atoms with Gasteiger partial charge < -0.3 is 10.5 Å². The molecule has 1 aromatic heterocycles. The van der Waals surface area contributed by atoms with E-state index in [4.69, 9.17) is 33.7 Å². The van der Waals surface area contributed by atoms with Crippen LogP contribution in [0.2, 0.25) is 10.0 Å². The Morgan fingerprint density at radius 2 is 1.85 bits per heavy atom. The van der Waals surface area contributed by atoms with Gasteiger partial charge in [0.1, 0.15) is 11.6 Å². The van der Waals surface area contributed by atoms with Crippen LogP contribution >= 0.6 is 23.2 Å². The largest absolute Gasteiger partial charge is 0.438 e. The summed E-state index contributed by atoms with van der Waals surface area (Å²) in [4.78, 5) is 12.5. The van der Waals surface area contributed by atoms with Gasteiger partial charge >= 0.3 is 0 Å². The molecule has 0 spiro atoms. The van der Waals surface area contributed by atoms with Crippen molar-refractivity contribution in [3.63, 3.8) is 0 Å². The average Bonchev–Trinajstić information content (AvgIpc) is 2.96. The molecule has 2 heterocycles. The van der Waals surface area contributed by atoms with Gasteiger partial charge in [-0.2, -0.15) is 5.26 Å². The third-order valence-electron chi connectivity index (χ3n) is 4.63. The number of allylic oxidation sites excluding steroid dienone is 1. The highest BCUT2D eigenvalue weighted by molar-refractivity contribution is 6.36. The zero-order valence-electron chi connectivity index (χ0n) is 14.2. The number of ether oxygens (including phenoxy) is 1. The number of halogens is 2. The van der Waals surface area contributed by atoms with Crippen LogP contribution in [-0.4, -0.2) is 10.5 Å². The Labute approximate surface area is 165 Å². The second-order valence-corrected chi connectivity index (χ2v) is 6.96. The maximum atomic E-state index is 12.5. The topological polar surface area (TPSA) is 81.0 Å². The van der Waals surface area contributed by atoms with E-state index in [1.165, 1.54) is 11.5 Å². The number of hydrogen-bond acceptors (Lipinski definition) is 4. The molecule has 2 aromatic carbocycles. The molecule has 134 valence electrons. The summed E-state index contributed by atoms with van der Waals surface area (Å²) in [7, 11) is 0. The summed E-state index contributed by atoms with van der Waals surface area (Å²) in [5, 5.41) is 11.2. The van der Waals surface area contributed by atoms with Crippen molar-refractivity contribution in [1.82, 2.24) is 4.57 Å². The van der Waals surface area contributed by atoms with Crippen LogP contribution in [0.5, 0.6) is 5.75 Å². The number of carbonyl (C=O) groups excluding carboxylic acids is 1. The first-order valence-electron chi connectivity index (χ1n) is 8.11. The first-order valence-corrected chi connectivity index (χ1v) is 8.87. The monoisotopic (exact) mass is 397 g/mol. The maximum Gasteiger partial charge on any atom is 0.228 e. The minimum Gasteiger partial charge on any atom is -0.438 e. The predicted molar refractivity (Wildman–Crippen MR) is 104 cm³/mol. The van der Waals surface area contributed by atoms with E-state index in [-0.39, 0.29) is 17.4 Å². The molecule has 0 bridgehead atoms. The molecule has 1 atom stereocenters. The number of nitrogens with two attached hydrogens (primary N) is 1. The standard InChI is InChI=1S/C20H13Cl2N3O2/c1-10(26)25-15-8-3-2-5-11(15)19-18(25)16(12(9-23)20(24)27-19)17-13(21)6-4-7-14(17)22/h2-8,16H,24H2,1H3. The Hall–Kier alpha value is -2.94. The van der Waals surface area contributed by atoms with Gasteiger partial charge in [0.2, 0.25) is 11.8 Å². The predicted octanol–water partition coefficient (Wildman–Crippen LogP) is 4.83. The Bertz CT molecular complexity index is 1170. The van der Waals surface area contributed by atoms with Gasteiger partial charge in [-0.05, 0) is 24.3 Å². The highest BCUT2D eigenvalue weighted by Gasteiger charge is 2.38. The molecule has 4 rings (SSSR count). The third kappa shape index (κ3) is 2.49. The second-order valence-electron chi connectivity index (χ2n) is 6.15. The highest BCUT2D eigenvalue weighted by atomic mass is 35.5. The molecule has 1 aliphatic heterocycles. The van der Waals surface area contributed by atoms with Crippen molar-refractivity contribution in [3.8, 4) is 11.8 Å². The second kappa shape index (κ2) is 6.34. The maximum absolute atomic E-state index is 12.5. The first-order chi connectivity index (χ1) is 13.0. The smallest absolute Gasteiger partial charge is 0.228 e. The van der Waals surface area contributed by atoms with Crippen molar-refractivity contribution < 1.29 is 9.53 Å². The van der Waals surface area contributed by atoms with Crippen LogP contribution < -0.4 is 10.5 Å². The van der Waals surface area contributed by atoms with E-state index in [2.05, 4.69) is 6.07 Å². The number of aromatic nitrogens is 1. The van der Waals surface area contributed by atoms with Crippen LogP contribution in [-0.2, 0) is 0 Å². The van der Waals surface area contributed by atoms with Crippen molar-refractivity contribution in [2.75, 3.05) is 0 Å². The van der Waals surface area contributed by atoms with Crippen LogP contribution in [0.4, 0.5) is 0 Å². The Kier molecular flexibility index (Phi) is 4.11. The lowest BCUT2D eigenvalue weighted by Gasteiger charge is -2.27. The third-order valence-corrected chi connectivity index (χ3v) is 5.29. The number of rotatable bonds is 1. The van der Waals surface area contributed by atoms with E-state index in [0.29, 0.717) is 32.6 Å². The molecule has 0 aliphatic carbocycles. The van der Waals surface area contributed by atoms with Gasteiger partial charge in [0.25, 0.3) is 0 Å². The Morgan fingerprint density at radius 1 is 1.19 bits per heavy atom. The molecular formula is C20H13Cl2N3O2. The summed E-state index contributed by atoms with van der Waals surface area (Å²) < 4.78 is 7.31. The van der Waals surface area contributed by atoms with E-state index in [0.717, 1.165) is 5.39 Å². The zero-order valence-corrected chi connectivity index (χ0v) is 15.7. The van der Waals surface area contributed by atoms with Gasteiger partial charge in [0, 0.05) is 27.9 Å². The van der Waals surface area contributed by atoms with E-state index in [1.807, 2.05) is 24.3 Å². The lowest BCUT2D eigenvalue weighted by atomic mass is 9.86. The normalized spacial score (nSPS) is 16.0. The van der Waals surface area contributed by atoms with Crippen LogP contribution in [0.25, 0.3) is 10.9 Å². The van der Waals surface area contributed by atoms with E-state index in [9.17, 15) is 10.1 Å². The van der Waals surface area contributed by atoms with E-state index < -0.39 is 5.92 Å². The van der Waals surface area contributed by atoms with Crippen LogP contribution in [0.15, 0.2) is 53.9 Å². The number of benzene rings is 2. The number of fused-ring (bicyclic) bond motifs is 3. The van der Waals surface area contributed by atoms with Crippen molar-refractivity contribution in [3.05, 3.63) is 75.2 Å². The van der Waals surface area contributed by atoms with Gasteiger partial charge in [-0.1, -0.05) is 41.4 Å². The number of nitriles is 1. The van der Waals surface area contributed by atoms with Crippen molar-refractivity contribution in [2.45, 2.75) is 12.8 Å². The number of para-hydroxylation sites is 1. The molecular weight excluding hydrogens is 385 g/mol. The van der Waals surface area contributed by atoms with Crippen molar-refractivity contribution in [1.29, 1.82) is 5.26 Å². The van der Waals surface area contributed by atoms with E-state index >= 15 is 0 Å². The minimum absolute atomic E-state index is 0.0301. The fourth-order valence-corrected chi connectivity index (χ4v) is 4.18. The SMILES string of the molecule is CC(=O)n1c2c(c3ccccc31)OC(N)=C(C#N)C2c1c(Cl)cccc1Cl. The average molecular weight is 398 g/mol. The molecule has 1 unspecified atom stereocenters. The minimum atomic E-state index is -0.726. The molecule has 0 saturated carbocycles. The summed E-state index contributed by atoms with van der Waals surface area (Å²) in [6, 6.07) is 14.5. The molecule has 2 N–H and O–H groups in total. The zero-order chi connectivity index (χ0) is 19.3. The van der Waals surface area contributed by atoms with Gasteiger partial charge in [-0.3, -0.25) is 9.36 Å². The number of nitrogens with zero attached hydrogens (tertiary/aromatic N) is 2. The van der Waals surface area contributed by atoms with Gasteiger partial charge in [-0.25, -0.2) is 0 Å². The quantitative estimate of drug-likeness (QED) is 0.637. The summed E-state index contributed by atoms with van der Waals surface area (Å²) in [5.74, 6) is -0.547. The summed E-state index contributed by atoms with van der Waals surface area (Å²) in [6.45, 7) is 1.45. The number of hydrogen-bond donors (Lipinski definition) is 1. The molecule has 3 aromatic rings. The van der Waals surface area contributed by atoms with Gasteiger partial charge in [0.05, 0.1) is 17.1 Å². The molecule has 0 radical (unpaired) electrons. The Balaban J connectivity index is 2.18. The van der Waals surface area contributed by atoms with Gasteiger partial charge in [-0.15, -0.1) is 0 Å². The molecule has 0 amide bonds. The summed E-state index contributed by atoms with van der Waals surface area (Å²) in [5.41, 5.74) is 7.88. The lowest BCUT2D eigenvalue weighted by molar-refractivity contribution is 0.0937. The summed E-state index contributed by atoms with van der Waals surface area (Å²) in [6.07, 6.45) is 0. The summed E-state index contributed by atoms with van der Waals surface area (Å²) >= 11 is 12.9. The molecule has 7 heteroatoms. The molecule has 27 heavy (non-hydrogen) atoms. The van der Waals surface area contributed by atoms with Crippen LogP contribution in [0.1, 0.15) is 28.9 Å². The van der Waals surface area contributed by atoms with Crippen molar-refractivity contribution in [2.24, 2.45) is 5.73 Å². The van der Waals surface area contributed by atoms with Crippen molar-refractivity contribution >= 4 is 40.0 Å². The number of carbonyl (C=O) groups is 1. The molecule has 0 fully saturated rings. The molecule has 1 aliphatic rings. The van der Waals surface area contributed by atoms with Gasteiger partial charge in [0.15, 0.2) is 5.75 Å². The first kappa shape index (κ1) is 17.5. The van der Waals surface area contributed by atoms with Crippen LogP contribution in [0.3, 0.4) is 0 Å². The molecule has 5 nitrogen and oxygen atoms in total. The molecule has 0 saturated heterocycles. The van der Waals surface area contributed by atoms with Crippen LogP contribution in [0, 0.1) is 11.3 Å². The lowest BCUT2D eigenvalue weighted by Crippen LogP contribution is -2.24. The highest BCUT2D eigenvalue weighted by Crippen LogP contribution is 2.50. The van der Waals surface area contributed by atoms with E-state index in [1.54, 1.807) is 18.2 Å². The Morgan fingerprint density at radius 3 is 2.48 bits per heavy atom.